The molecule has 0 radical (unpaired) electrons. The van der Waals surface area contributed by atoms with Crippen molar-refractivity contribution in [2.45, 2.75) is 38.2 Å². The fraction of sp³-hybridized carbons (Fsp3) is 0.923. The molecule has 0 spiro atoms. The summed E-state index contributed by atoms with van der Waals surface area (Å²) in [6.07, 6.45) is 4.74. The Labute approximate surface area is 104 Å². The normalized spacial score (nSPS) is 29.4. The standard InChI is InChI=1S/C13H24N2O2/c1-13(17-2)6-3-7-15(10-13)12(16)9-14-8-11-4-5-11/h11,14H,3-10H2,1-2H3. The third-order valence-electron chi connectivity index (χ3n) is 3.91. The maximum absolute atomic E-state index is 12.0. The highest BCUT2D eigenvalue weighted by Gasteiger charge is 2.32. The Morgan fingerprint density at radius 1 is 1.53 bits per heavy atom. The summed E-state index contributed by atoms with van der Waals surface area (Å²) in [6, 6.07) is 0. The van der Waals surface area contributed by atoms with Crippen molar-refractivity contribution in [3.63, 3.8) is 0 Å². The van der Waals surface area contributed by atoms with Crippen LogP contribution in [0.3, 0.4) is 0 Å². The van der Waals surface area contributed by atoms with E-state index in [1.165, 1.54) is 12.8 Å². The molecule has 0 bridgehead atoms. The molecule has 1 heterocycles. The minimum Gasteiger partial charge on any atom is -0.377 e. The molecule has 0 aromatic heterocycles. The van der Waals surface area contributed by atoms with E-state index in [1.807, 2.05) is 4.90 Å². The summed E-state index contributed by atoms with van der Waals surface area (Å²) < 4.78 is 5.50. The van der Waals surface area contributed by atoms with Gasteiger partial charge in [-0.3, -0.25) is 4.79 Å². The first-order valence-electron chi connectivity index (χ1n) is 6.67. The Kier molecular flexibility index (Phi) is 4.05. The third-order valence-corrected chi connectivity index (χ3v) is 3.91. The van der Waals surface area contributed by atoms with Crippen molar-refractivity contribution in [3.05, 3.63) is 0 Å². The van der Waals surface area contributed by atoms with Crippen molar-refractivity contribution >= 4 is 5.91 Å². The lowest BCUT2D eigenvalue weighted by molar-refractivity contribution is -0.138. The maximum Gasteiger partial charge on any atom is 0.236 e. The molecule has 0 aromatic carbocycles. The average Bonchev–Trinajstić information content (AvgIpc) is 3.13. The number of nitrogens with zero attached hydrogens (tertiary/aromatic N) is 1. The second-order valence-electron chi connectivity index (χ2n) is 5.65. The van der Waals surface area contributed by atoms with Gasteiger partial charge in [0.1, 0.15) is 0 Å². The lowest BCUT2D eigenvalue weighted by atomic mass is 9.95. The van der Waals surface area contributed by atoms with Gasteiger partial charge < -0.3 is 15.0 Å². The summed E-state index contributed by atoms with van der Waals surface area (Å²) in [6.45, 7) is 5.18. The lowest BCUT2D eigenvalue weighted by Crippen LogP contribution is -2.51. The molecule has 1 saturated heterocycles. The van der Waals surface area contributed by atoms with Gasteiger partial charge in [0, 0.05) is 20.2 Å². The van der Waals surface area contributed by atoms with Gasteiger partial charge in [-0.15, -0.1) is 0 Å². The molecular formula is C13H24N2O2. The molecule has 2 fully saturated rings. The number of rotatable bonds is 5. The van der Waals surface area contributed by atoms with Gasteiger partial charge in [0.2, 0.25) is 5.91 Å². The van der Waals surface area contributed by atoms with Crippen molar-refractivity contribution in [1.29, 1.82) is 0 Å². The summed E-state index contributed by atoms with van der Waals surface area (Å²) in [5.41, 5.74) is -0.148. The van der Waals surface area contributed by atoms with E-state index in [0.29, 0.717) is 6.54 Å². The summed E-state index contributed by atoms with van der Waals surface area (Å²) >= 11 is 0. The zero-order valence-corrected chi connectivity index (χ0v) is 11.0. The maximum atomic E-state index is 12.0. The van der Waals surface area contributed by atoms with Crippen LogP contribution in [-0.4, -0.2) is 49.7 Å². The summed E-state index contributed by atoms with van der Waals surface area (Å²) in [5, 5.41) is 3.26. The number of likely N-dealkylation sites (tertiary alicyclic amines) is 1. The quantitative estimate of drug-likeness (QED) is 0.780. The number of piperidine rings is 1. The Hall–Kier alpha value is -0.610. The van der Waals surface area contributed by atoms with E-state index < -0.39 is 0 Å². The Morgan fingerprint density at radius 2 is 2.29 bits per heavy atom. The number of ether oxygens (including phenoxy) is 1. The van der Waals surface area contributed by atoms with E-state index in [9.17, 15) is 4.79 Å². The SMILES string of the molecule is COC1(C)CCCN(C(=O)CNCC2CC2)C1. The summed E-state index contributed by atoms with van der Waals surface area (Å²) in [7, 11) is 1.74. The summed E-state index contributed by atoms with van der Waals surface area (Å²) in [4.78, 5) is 13.9. The Morgan fingerprint density at radius 3 is 2.94 bits per heavy atom. The molecule has 2 rings (SSSR count). The van der Waals surface area contributed by atoms with Gasteiger partial charge in [-0.05, 0) is 45.1 Å². The number of nitrogens with one attached hydrogen (secondary N) is 1. The first-order chi connectivity index (χ1) is 8.13. The van der Waals surface area contributed by atoms with Crippen molar-refractivity contribution in [3.8, 4) is 0 Å². The fourth-order valence-corrected chi connectivity index (χ4v) is 2.40. The van der Waals surface area contributed by atoms with Crippen molar-refractivity contribution < 1.29 is 9.53 Å². The number of hydrogen-bond donors (Lipinski definition) is 1. The molecule has 1 aliphatic carbocycles. The van der Waals surface area contributed by atoms with Crippen LogP contribution in [0.15, 0.2) is 0 Å². The molecule has 0 aromatic rings. The second kappa shape index (κ2) is 5.36. The first kappa shape index (κ1) is 12.8. The molecule has 4 nitrogen and oxygen atoms in total. The molecule has 1 atom stereocenters. The van der Waals surface area contributed by atoms with Gasteiger partial charge in [-0.25, -0.2) is 0 Å². The topological polar surface area (TPSA) is 41.6 Å². The lowest BCUT2D eigenvalue weighted by Gasteiger charge is -2.39. The van der Waals surface area contributed by atoms with Gasteiger partial charge in [-0.1, -0.05) is 0 Å². The molecule has 98 valence electrons. The minimum absolute atomic E-state index is 0.148. The highest BCUT2D eigenvalue weighted by atomic mass is 16.5. The molecule has 1 unspecified atom stereocenters. The van der Waals surface area contributed by atoms with Gasteiger partial charge in [0.25, 0.3) is 0 Å². The first-order valence-corrected chi connectivity index (χ1v) is 6.67. The van der Waals surface area contributed by atoms with E-state index in [2.05, 4.69) is 12.2 Å². The van der Waals surface area contributed by atoms with Gasteiger partial charge in [-0.2, -0.15) is 0 Å². The zero-order chi connectivity index (χ0) is 12.3. The summed E-state index contributed by atoms with van der Waals surface area (Å²) in [5.74, 6) is 1.04. The van der Waals surface area contributed by atoms with E-state index in [1.54, 1.807) is 7.11 Å². The van der Waals surface area contributed by atoms with Crippen molar-refractivity contribution in [2.24, 2.45) is 5.92 Å². The van der Waals surface area contributed by atoms with Crippen LogP contribution in [0.2, 0.25) is 0 Å². The molecule has 2 aliphatic rings. The second-order valence-corrected chi connectivity index (χ2v) is 5.65. The highest BCUT2D eigenvalue weighted by Crippen LogP contribution is 2.27. The Bertz CT molecular complexity index is 279. The van der Waals surface area contributed by atoms with Crippen molar-refractivity contribution in [1.82, 2.24) is 10.2 Å². The molecule has 17 heavy (non-hydrogen) atoms. The van der Waals surface area contributed by atoms with Crippen LogP contribution in [0.5, 0.6) is 0 Å². The van der Waals surface area contributed by atoms with Crippen LogP contribution >= 0.6 is 0 Å². The molecule has 1 N–H and O–H groups in total. The van der Waals surface area contributed by atoms with Crippen LogP contribution in [0.4, 0.5) is 0 Å². The average molecular weight is 240 g/mol. The predicted octanol–water partition coefficient (Wildman–Crippen LogP) is 1.01. The number of methoxy groups -OCH3 is 1. The monoisotopic (exact) mass is 240 g/mol. The van der Waals surface area contributed by atoms with Gasteiger partial charge in [0.05, 0.1) is 12.1 Å². The van der Waals surface area contributed by atoms with E-state index in [-0.39, 0.29) is 11.5 Å². The number of carbonyl (C=O) groups excluding carboxylic acids is 1. The molecule has 1 saturated carbocycles. The molecule has 4 heteroatoms. The van der Waals surface area contributed by atoms with Gasteiger partial charge >= 0.3 is 0 Å². The van der Waals surface area contributed by atoms with Crippen LogP contribution in [-0.2, 0) is 9.53 Å². The Balaban J connectivity index is 1.73. The number of amides is 1. The van der Waals surface area contributed by atoms with Crippen LogP contribution in [0, 0.1) is 5.92 Å². The largest absolute Gasteiger partial charge is 0.377 e. The third kappa shape index (κ3) is 3.68. The highest BCUT2D eigenvalue weighted by molar-refractivity contribution is 5.78. The van der Waals surface area contributed by atoms with E-state index in [0.717, 1.165) is 38.4 Å². The molecule has 1 aliphatic heterocycles. The van der Waals surface area contributed by atoms with Crippen LogP contribution in [0.25, 0.3) is 0 Å². The molecule has 1 amide bonds. The molecular weight excluding hydrogens is 216 g/mol. The van der Waals surface area contributed by atoms with E-state index in [4.69, 9.17) is 4.74 Å². The van der Waals surface area contributed by atoms with Gasteiger partial charge in [0.15, 0.2) is 0 Å². The van der Waals surface area contributed by atoms with Crippen molar-refractivity contribution in [2.75, 3.05) is 33.3 Å². The predicted molar refractivity (Wildman–Crippen MR) is 66.8 cm³/mol. The van der Waals surface area contributed by atoms with Crippen LogP contribution in [0.1, 0.15) is 32.6 Å². The fourth-order valence-electron chi connectivity index (χ4n) is 2.40. The number of hydrogen-bond acceptors (Lipinski definition) is 3. The van der Waals surface area contributed by atoms with E-state index >= 15 is 0 Å². The number of carbonyl (C=O) groups is 1. The smallest absolute Gasteiger partial charge is 0.236 e. The minimum atomic E-state index is -0.148. The van der Waals surface area contributed by atoms with Crippen LogP contribution < -0.4 is 5.32 Å². The zero-order valence-electron chi connectivity index (χ0n) is 11.0.